The molecular formula is C18H20FN3O. The molecule has 2 aromatic carbocycles. The minimum atomic E-state index is -0.366. The van der Waals surface area contributed by atoms with Crippen LogP contribution in [-0.4, -0.2) is 18.2 Å². The summed E-state index contributed by atoms with van der Waals surface area (Å²) in [7, 11) is 0. The van der Waals surface area contributed by atoms with Crippen LogP contribution in [0.25, 0.3) is 0 Å². The maximum Gasteiger partial charge on any atom is 0.227 e. The third kappa shape index (κ3) is 3.87. The van der Waals surface area contributed by atoms with E-state index >= 15 is 0 Å². The monoisotopic (exact) mass is 313 g/mol. The second kappa shape index (κ2) is 6.79. The predicted molar refractivity (Wildman–Crippen MR) is 88.2 cm³/mol. The van der Waals surface area contributed by atoms with Gasteiger partial charge in [-0.25, -0.2) is 4.39 Å². The zero-order valence-corrected chi connectivity index (χ0v) is 12.9. The highest BCUT2D eigenvalue weighted by Crippen LogP contribution is 2.17. The number of carbonyl (C=O) groups excluding carboxylic acids is 1. The van der Waals surface area contributed by atoms with E-state index in [0.29, 0.717) is 6.42 Å². The summed E-state index contributed by atoms with van der Waals surface area (Å²) < 4.78 is 12.9. The van der Waals surface area contributed by atoms with Gasteiger partial charge in [0, 0.05) is 11.7 Å². The van der Waals surface area contributed by atoms with E-state index in [0.717, 1.165) is 11.3 Å². The van der Waals surface area contributed by atoms with Crippen LogP contribution in [0, 0.1) is 11.7 Å². The summed E-state index contributed by atoms with van der Waals surface area (Å²) in [6.07, 6.45) is 0.333. The Morgan fingerprint density at radius 1 is 1.09 bits per heavy atom. The van der Waals surface area contributed by atoms with Crippen molar-refractivity contribution < 1.29 is 9.18 Å². The van der Waals surface area contributed by atoms with Gasteiger partial charge in [-0.3, -0.25) is 10.1 Å². The molecule has 1 amide bonds. The molecule has 3 atom stereocenters. The highest BCUT2D eigenvalue weighted by atomic mass is 19.1. The van der Waals surface area contributed by atoms with E-state index in [1.807, 2.05) is 37.3 Å². The lowest BCUT2D eigenvalue weighted by Gasteiger charge is -2.36. The Kier molecular flexibility index (Phi) is 4.57. The third-order valence-corrected chi connectivity index (χ3v) is 4.11. The van der Waals surface area contributed by atoms with Crippen molar-refractivity contribution in [2.45, 2.75) is 25.7 Å². The molecule has 0 radical (unpaired) electrons. The highest BCUT2D eigenvalue weighted by Gasteiger charge is 2.33. The van der Waals surface area contributed by atoms with E-state index < -0.39 is 0 Å². The van der Waals surface area contributed by atoms with Gasteiger partial charge in [-0.1, -0.05) is 30.3 Å². The van der Waals surface area contributed by atoms with E-state index in [2.05, 4.69) is 16.0 Å². The van der Waals surface area contributed by atoms with Gasteiger partial charge in [0.15, 0.2) is 6.29 Å². The van der Waals surface area contributed by atoms with Crippen LogP contribution >= 0.6 is 0 Å². The van der Waals surface area contributed by atoms with Crippen molar-refractivity contribution in [2.24, 2.45) is 5.92 Å². The van der Waals surface area contributed by atoms with Gasteiger partial charge in [-0.2, -0.15) is 0 Å². The number of benzene rings is 2. The summed E-state index contributed by atoms with van der Waals surface area (Å²) in [4.78, 5) is 12.4. The molecule has 0 saturated carbocycles. The van der Waals surface area contributed by atoms with Gasteiger partial charge in [0.25, 0.3) is 0 Å². The second-order valence-electron chi connectivity index (χ2n) is 5.84. The summed E-state index contributed by atoms with van der Waals surface area (Å²) in [6.45, 7) is 2.01. The van der Waals surface area contributed by atoms with Crippen LogP contribution in [0.5, 0.6) is 0 Å². The van der Waals surface area contributed by atoms with Gasteiger partial charge in [0.2, 0.25) is 5.91 Å². The lowest BCUT2D eigenvalue weighted by Crippen LogP contribution is -2.63. The predicted octanol–water partition coefficient (Wildman–Crippen LogP) is 2.49. The van der Waals surface area contributed by atoms with E-state index in [-0.39, 0.29) is 30.0 Å². The van der Waals surface area contributed by atoms with Gasteiger partial charge in [0.1, 0.15) is 5.82 Å². The molecule has 0 aromatic heterocycles. The van der Waals surface area contributed by atoms with Crippen LogP contribution in [0.15, 0.2) is 54.6 Å². The largest absolute Gasteiger partial charge is 0.353 e. The fourth-order valence-electron chi connectivity index (χ4n) is 2.83. The van der Waals surface area contributed by atoms with Crippen molar-refractivity contribution >= 4 is 11.6 Å². The number of rotatable bonds is 4. The van der Waals surface area contributed by atoms with Gasteiger partial charge < -0.3 is 10.6 Å². The van der Waals surface area contributed by atoms with Crippen molar-refractivity contribution in [2.75, 3.05) is 5.32 Å². The van der Waals surface area contributed by atoms with Crippen molar-refractivity contribution in [3.8, 4) is 0 Å². The van der Waals surface area contributed by atoms with Crippen molar-refractivity contribution in [1.29, 1.82) is 0 Å². The van der Waals surface area contributed by atoms with E-state index in [1.165, 1.54) is 12.1 Å². The zero-order chi connectivity index (χ0) is 16.2. The summed E-state index contributed by atoms with van der Waals surface area (Å²) in [5.41, 5.74) is 1.89. The van der Waals surface area contributed by atoms with Crippen LogP contribution < -0.4 is 16.0 Å². The van der Waals surface area contributed by atoms with Gasteiger partial charge >= 0.3 is 0 Å². The molecule has 0 bridgehead atoms. The first-order valence-electron chi connectivity index (χ1n) is 7.74. The number of nitrogens with one attached hydrogen (secondary N) is 3. The normalized spacial score (nSPS) is 24.1. The second-order valence-corrected chi connectivity index (χ2v) is 5.84. The smallest absolute Gasteiger partial charge is 0.227 e. The van der Waals surface area contributed by atoms with E-state index in [4.69, 9.17) is 0 Å². The maximum atomic E-state index is 12.9. The molecule has 1 saturated heterocycles. The standard InChI is InChI=1S/C18H20FN3O/c1-12-16(11-13-5-3-2-4-6-13)17(23)22-18(20-12)21-15-9-7-14(19)8-10-15/h2-10,12,16,18,20-21H,11H2,1H3,(H,22,23). The Morgan fingerprint density at radius 2 is 1.78 bits per heavy atom. The molecule has 1 aliphatic heterocycles. The topological polar surface area (TPSA) is 53.2 Å². The first kappa shape index (κ1) is 15.5. The quantitative estimate of drug-likeness (QED) is 0.813. The molecule has 1 aliphatic rings. The van der Waals surface area contributed by atoms with Crippen LogP contribution in [0.2, 0.25) is 0 Å². The summed E-state index contributed by atoms with van der Waals surface area (Å²) in [6, 6.07) is 16.1. The Bertz CT molecular complexity index is 660. The SMILES string of the molecule is CC1NC(Nc2ccc(F)cc2)NC(=O)C1Cc1ccccc1. The third-order valence-electron chi connectivity index (χ3n) is 4.11. The molecule has 120 valence electrons. The molecule has 0 aliphatic carbocycles. The molecule has 0 spiro atoms. The zero-order valence-electron chi connectivity index (χ0n) is 12.9. The van der Waals surface area contributed by atoms with Crippen LogP contribution in [-0.2, 0) is 11.2 Å². The van der Waals surface area contributed by atoms with Crippen molar-refractivity contribution in [3.63, 3.8) is 0 Å². The van der Waals surface area contributed by atoms with Gasteiger partial charge in [-0.15, -0.1) is 0 Å². The van der Waals surface area contributed by atoms with E-state index in [1.54, 1.807) is 12.1 Å². The molecule has 2 aromatic rings. The number of amides is 1. The lowest BCUT2D eigenvalue weighted by atomic mass is 9.91. The van der Waals surface area contributed by atoms with Gasteiger partial charge in [-0.05, 0) is 43.2 Å². The fourth-order valence-corrected chi connectivity index (χ4v) is 2.83. The van der Waals surface area contributed by atoms with Crippen LogP contribution in [0.1, 0.15) is 12.5 Å². The van der Waals surface area contributed by atoms with Crippen LogP contribution in [0.4, 0.5) is 10.1 Å². The number of carbonyl (C=O) groups is 1. The minimum Gasteiger partial charge on any atom is -0.353 e. The molecule has 4 nitrogen and oxygen atoms in total. The molecule has 3 unspecified atom stereocenters. The van der Waals surface area contributed by atoms with Crippen LogP contribution in [0.3, 0.4) is 0 Å². The lowest BCUT2D eigenvalue weighted by molar-refractivity contribution is -0.128. The maximum absolute atomic E-state index is 12.9. The number of anilines is 1. The molecule has 1 fully saturated rings. The molecule has 23 heavy (non-hydrogen) atoms. The van der Waals surface area contributed by atoms with E-state index in [9.17, 15) is 9.18 Å². The van der Waals surface area contributed by atoms with Crippen molar-refractivity contribution in [1.82, 2.24) is 10.6 Å². The molecule has 5 heteroatoms. The minimum absolute atomic E-state index is 0.0136. The fraction of sp³-hybridized carbons (Fsp3) is 0.278. The Morgan fingerprint density at radius 3 is 2.43 bits per heavy atom. The first-order valence-corrected chi connectivity index (χ1v) is 7.74. The molecule has 3 rings (SSSR count). The number of hydrogen-bond acceptors (Lipinski definition) is 3. The Balaban J connectivity index is 1.62. The summed E-state index contributed by atoms with van der Waals surface area (Å²) in [5.74, 6) is -0.393. The number of halogens is 1. The number of hydrogen-bond donors (Lipinski definition) is 3. The Hall–Kier alpha value is -2.40. The molecular weight excluding hydrogens is 293 g/mol. The highest BCUT2D eigenvalue weighted by molar-refractivity contribution is 5.81. The summed E-state index contributed by atoms with van der Waals surface area (Å²) in [5, 5.41) is 9.41. The van der Waals surface area contributed by atoms with Gasteiger partial charge in [0.05, 0.1) is 5.92 Å². The van der Waals surface area contributed by atoms with Crippen molar-refractivity contribution in [3.05, 3.63) is 66.0 Å². The first-order chi connectivity index (χ1) is 11.1. The molecule has 1 heterocycles. The Labute approximate surface area is 135 Å². The molecule has 3 N–H and O–H groups in total. The average Bonchev–Trinajstić information content (AvgIpc) is 2.54. The summed E-state index contributed by atoms with van der Waals surface area (Å²) >= 11 is 0. The average molecular weight is 313 g/mol.